The van der Waals surface area contributed by atoms with E-state index >= 15 is 0 Å². The van der Waals surface area contributed by atoms with Gasteiger partial charge in [-0.05, 0) is 96.3 Å². The molecule has 0 radical (unpaired) electrons. The van der Waals surface area contributed by atoms with Crippen molar-refractivity contribution in [1.82, 2.24) is 0 Å². The molecule has 0 spiro atoms. The number of hydrogen-bond donors (Lipinski definition) is 3. The minimum atomic E-state index is -1.91. The highest BCUT2D eigenvalue weighted by molar-refractivity contribution is 5.74. The fourth-order valence-corrected chi connectivity index (χ4v) is 8.78. The molecule has 77 heavy (non-hydrogen) atoms. The summed E-state index contributed by atoms with van der Waals surface area (Å²) in [5.74, 6) is -3.18. The number of esters is 3. The molecule has 6 atom stereocenters. The molecule has 0 bridgehead atoms. The third kappa shape index (κ3) is 42.5. The third-order valence-electron chi connectivity index (χ3n) is 13.5. The fourth-order valence-electron chi connectivity index (χ4n) is 8.78. The standard InChI is InChI=1S/C65H108O12/c1-4-7-10-13-16-19-22-25-27-28-29-30-32-34-36-39-42-45-48-51-57(66)73-54-56(75-58(67)52-49-46-43-40-37-33-24-21-18-15-12-9-6-3)55-74-65-63(61(70)60(69)62(77-65)64(71)72)76-59(68)53-50-47-44-41-38-35-31-26-23-20-17-14-11-8-5-2/h7,10,16-17,19-20,25-27,29-31,34,36,56,60-63,65,69-70H,4-6,8-9,11-15,18,21-24,28,32-33,35,37-55H2,1-3H3,(H,71,72)/b10-7-,19-16-,20-17-,27-25-,30-29-,31-26-,36-34-. The summed E-state index contributed by atoms with van der Waals surface area (Å²) in [5.41, 5.74) is 0. The van der Waals surface area contributed by atoms with Gasteiger partial charge in [-0.15, -0.1) is 0 Å². The Balaban J connectivity index is 2.71. The highest BCUT2D eigenvalue weighted by Crippen LogP contribution is 2.26. The number of carboxylic acids is 1. The quantitative estimate of drug-likeness (QED) is 0.0228. The maximum Gasteiger partial charge on any atom is 0.335 e. The Labute approximate surface area is 467 Å². The predicted octanol–water partition coefficient (Wildman–Crippen LogP) is 15.9. The van der Waals surface area contributed by atoms with Crippen molar-refractivity contribution in [1.29, 1.82) is 0 Å². The maximum absolute atomic E-state index is 13.1. The van der Waals surface area contributed by atoms with Gasteiger partial charge < -0.3 is 39.0 Å². The van der Waals surface area contributed by atoms with Crippen LogP contribution < -0.4 is 0 Å². The second-order valence-electron chi connectivity index (χ2n) is 20.6. The summed E-state index contributed by atoms with van der Waals surface area (Å²) in [5, 5.41) is 31.5. The van der Waals surface area contributed by atoms with Crippen LogP contribution in [0.3, 0.4) is 0 Å². The van der Waals surface area contributed by atoms with Gasteiger partial charge in [0.05, 0.1) is 6.61 Å². The zero-order valence-corrected chi connectivity index (χ0v) is 48.4. The number of aliphatic carboxylic acids is 1. The van der Waals surface area contributed by atoms with E-state index in [2.05, 4.69) is 106 Å². The van der Waals surface area contributed by atoms with Crippen LogP contribution in [0.1, 0.15) is 252 Å². The van der Waals surface area contributed by atoms with Crippen molar-refractivity contribution in [3.8, 4) is 0 Å². The molecule has 0 amide bonds. The van der Waals surface area contributed by atoms with Crippen LogP contribution in [-0.4, -0.2) is 89.2 Å². The SMILES string of the molecule is CC/C=C\C/C=C\C/C=C\C/C=C\C/C=C\CCCCCC(=O)OCC(COC1OC(C(=O)O)C(O)C(O)C1OC(=O)CCCCCCC/C=C\C/C=C\CCCCC)OC(=O)CCCCCCCCCCCCCCC. The van der Waals surface area contributed by atoms with Crippen LogP contribution in [0.15, 0.2) is 85.1 Å². The molecule has 1 saturated heterocycles. The summed E-state index contributed by atoms with van der Waals surface area (Å²) in [6, 6.07) is 0. The largest absolute Gasteiger partial charge is 0.479 e. The van der Waals surface area contributed by atoms with Gasteiger partial charge in [0.1, 0.15) is 18.8 Å². The van der Waals surface area contributed by atoms with Crippen LogP contribution in [-0.2, 0) is 42.9 Å². The average Bonchev–Trinajstić information content (AvgIpc) is 3.42. The van der Waals surface area contributed by atoms with Gasteiger partial charge in [-0.3, -0.25) is 14.4 Å². The van der Waals surface area contributed by atoms with E-state index < -0.39 is 67.3 Å². The second-order valence-corrected chi connectivity index (χ2v) is 20.6. The average molecular weight is 1080 g/mol. The normalized spacial score (nSPS) is 18.6. The molecule has 1 heterocycles. The molecule has 0 aliphatic carbocycles. The van der Waals surface area contributed by atoms with Crippen molar-refractivity contribution >= 4 is 23.9 Å². The lowest BCUT2D eigenvalue weighted by atomic mass is 9.98. The molecule has 0 aromatic carbocycles. The van der Waals surface area contributed by atoms with Gasteiger partial charge in [-0.2, -0.15) is 0 Å². The number of aliphatic hydroxyl groups excluding tert-OH is 2. The Hall–Kier alpha value is -4.10. The van der Waals surface area contributed by atoms with Crippen LogP contribution in [0, 0.1) is 0 Å². The first-order valence-electron chi connectivity index (χ1n) is 30.6. The van der Waals surface area contributed by atoms with Gasteiger partial charge in [0, 0.05) is 19.3 Å². The monoisotopic (exact) mass is 1080 g/mol. The maximum atomic E-state index is 13.1. The summed E-state index contributed by atoms with van der Waals surface area (Å²) < 4.78 is 28.4. The number of ether oxygens (including phenoxy) is 5. The lowest BCUT2D eigenvalue weighted by Crippen LogP contribution is -2.61. The Bertz CT molecular complexity index is 1660. The summed E-state index contributed by atoms with van der Waals surface area (Å²) in [4.78, 5) is 51.2. The molecule has 0 aromatic rings. The first-order chi connectivity index (χ1) is 37.6. The van der Waals surface area contributed by atoms with Crippen molar-refractivity contribution in [3.05, 3.63) is 85.1 Å². The predicted molar refractivity (Wildman–Crippen MR) is 312 cm³/mol. The molecule has 1 aliphatic rings. The van der Waals surface area contributed by atoms with E-state index in [1.807, 2.05) is 0 Å². The molecule has 12 heteroatoms. The van der Waals surface area contributed by atoms with E-state index in [4.69, 9.17) is 23.7 Å². The first-order valence-corrected chi connectivity index (χ1v) is 30.6. The lowest BCUT2D eigenvalue weighted by molar-refractivity contribution is -0.301. The van der Waals surface area contributed by atoms with Crippen molar-refractivity contribution in [3.63, 3.8) is 0 Å². The molecule has 6 unspecified atom stereocenters. The molecule has 0 aromatic heterocycles. The van der Waals surface area contributed by atoms with Crippen LogP contribution in [0.5, 0.6) is 0 Å². The summed E-state index contributed by atoms with van der Waals surface area (Å²) in [6.07, 6.45) is 55.4. The Kier molecular flexibility index (Phi) is 48.4. The molecule has 3 N–H and O–H groups in total. The number of unbranched alkanes of at least 4 members (excludes halogenated alkanes) is 23. The molecular weight excluding hydrogens is 973 g/mol. The zero-order chi connectivity index (χ0) is 56.1. The number of rotatable bonds is 51. The van der Waals surface area contributed by atoms with E-state index in [0.29, 0.717) is 19.3 Å². The molecule has 12 nitrogen and oxygen atoms in total. The lowest BCUT2D eigenvalue weighted by Gasteiger charge is -2.40. The minimum absolute atomic E-state index is 0.0393. The van der Waals surface area contributed by atoms with Gasteiger partial charge in [0.2, 0.25) is 0 Å². The number of aliphatic hydroxyl groups is 2. The Morgan fingerprint density at radius 2 is 0.818 bits per heavy atom. The number of allylic oxidation sites excluding steroid dienone is 14. The second kappa shape index (κ2) is 52.6. The van der Waals surface area contributed by atoms with Crippen LogP contribution >= 0.6 is 0 Å². The number of hydrogen-bond acceptors (Lipinski definition) is 11. The third-order valence-corrected chi connectivity index (χ3v) is 13.5. The number of carbonyl (C=O) groups excluding carboxylic acids is 3. The van der Waals surface area contributed by atoms with E-state index in [0.717, 1.165) is 116 Å². The minimum Gasteiger partial charge on any atom is -0.479 e. The van der Waals surface area contributed by atoms with Crippen molar-refractivity contribution < 1.29 is 58.2 Å². The first kappa shape index (κ1) is 70.9. The van der Waals surface area contributed by atoms with Crippen LogP contribution in [0.25, 0.3) is 0 Å². The molecule has 440 valence electrons. The van der Waals surface area contributed by atoms with Gasteiger partial charge in [0.25, 0.3) is 0 Å². The van der Waals surface area contributed by atoms with Crippen molar-refractivity contribution in [2.45, 2.75) is 289 Å². The van der Waals surface area contributed by atoms with E-state index in [9.17, 15) is 34.5 Å². The highest BCUT2D eigenvalue weighted by atomic mass is 16.7. The van der Waals surface area contributed by atoms with E-state index in [1.54, 1.807) is 0 Å². The Morgan fingerprint density at radius 1 is 0.442 bits per heavy atom. The van der Waals surface area contributed by atoms with Gasteiger partial charge in [-0.25, -0.2) is 4.79 Å². The van der Waals surface area contributed by atoms with Crippen molar-refractivity contribution in [2.75, 3.05) is 13.2 Å². The smallest absolute Gasteiger partial charge is 0.335 e. The fraction of sp³-hybridized carbons (Fsp3) is 0.723. The highest BCUT2D eigenvalue weighted by Gasteiger charge is 2.50. The molecule has 1 fully saturated rings. The van der Waals surface area contributed by atoms with E-state index in [1.165, 1.54) is 77.0 Å². The topological polar surface area (TPSA) is 175 Å². The summed E-state index contributed by atoms with van der Waals surface area (Å²) >= 11 is 0. The summed E-state index contributed by atoms with van der Waals surface area (Å²) in [6.45, 7) is 5.82. The number of carbonyl (C=O) groups is 4. The van der Waals surface area contributed by atoms with Crippen molar-refractivity contribution in [2.24, 2.45) is 0 Å². The Morgan fingerprint density at radius 3 is 1.29 bits per heavy atom. The van der Waals surface area contributed by atoms with Gasteiger partial charge in [-0.1, -0.05) is 221 Å². The number of carboxylic acid groups (broad SMARTS) is 1. The van der Waals surface area contributed by atoms with Crippen LogP contribution in [0.2, 0.25) is 0 Å². The molecule has 0 saturated carbocycles. The zero-order valence-electron chi connectivity index (χ0n) is 48.4. The molecule has 1 aliphatic heterocycles. The van der Waals surface area contributed by atoms with E-state index in [-0.39, 0.29) is 25.9 Å². The molecule has 1 rings (SSSR count). The van der Waals surface area contributed by atoms with Crippen LogP contribution in [0.4, 0.5) is 0 Å². The van der Waals surface area contributed by atoms with Gasteiger partial charge in [0.15, 0.2) is 24.6 Å². The van der Waals surface area contributed by atoms with Gasteiger partial charge >= 0.3 is 23.9 Å². The summed E-state index contributed by atoms with van der Waals surface area (Å²) in [7, 11) is 0. The molecular formula is C65H108O12.